The van der Waals surface area contributed by atoms with Crippen molar-refractivity contribution in [3.63, 3.8) is 0 Å². The average Bonchev–Trinajstić information content (AvgIpc) is 3.02. The van der Waals surface area contributed by atoms with Crippen molar-refractivity contribution in [2.75, 3.05) is 5.32 Å². The summed E-state index contributed by atoms with van der Waals surface area (Å²) < 4.78 is 27.8. The van der Waals surface area contributed by atoms with Gasteiger partial charge in [0.25, 0.3) is 0 Å². The van der Waals surface area contributed by atoms with Crippen LogP contribution < -0.4 is 5.32 Å². The summed E-state index contributed by atoms with van der Waals surface area (Å²) in [5, 5.41) is 12.6. The number of benzene rings is 2. The van der Waals surface area contributed by atoms with E-state index in [1.165, 1.54) is 42.5 Å². The molecule has 3 aromatic rings. The van der Waals surface area contributed by atoms with Crippen LogP contribution in [-0.2, 0) is 4.79 Å². The van der Waals surface area contributed by atoms with E-state index in [0.29, 0.717) is 16.1 Å². The van der Waals surface area contributed by atoms with Crippen molar-refractivity contribution in [2.45, 2.75) is 12.3 Å². The molecule has 8 heteroatoms. The van der Waals surface area contributed by atoms with Gasteiger partial charge in [-0.25, -0.2) is 13.6 Å². The van der Waals surface area contributed by atoms with E-state index in [4.69, 9.17) is 11.6 Å². The van der Waals surface area contributed by atoms with Crippen molar-refractivity contribution in [3.05, 3.63) is 74.4 Å². The smallest absolute Gasteiger partial charge is 0.346 e. The van der Waals surface area contributed by atoms with Gasteiger partial charge in [-0.05, 0) is 29.8 Å². The van der Waals surface area contributed by atoms with Crippen LogP contribution in [0.25, 0.3) is 11.1 Å². The summed E-state index contributed by atoms with van der Waals surface area (Å²) in [6.45, 7) is 0. The number of hydrogen-bond acceptors (Lipinski definition) is 3. The van der Waals surface area contributed by atoms with E-state index >= 15 is 0 Å². The van der Waals surface area contributed by atoms with E-state index in [0.717, 1.165) is 11.3 Å². The molecule has 0 aliphatic carbocycles. The van der Waals surface area contributed by atoms with Gasteiger partial charge in [0, 0.05) is 33.4 Å². The number of thiophene rings is 1. The van der Waals surface area contributed by atoms with Crippen molar-refractivity contribution in [1.29, 1.82) is 0 Å². The van der Waals surface area contributed by atoms with Crippen molar-refractivity contribution in [2.24, 2.45) is 0 Å². The Morgan fingerprint density at radius 3 is 2.54 bits per heavy atom. The van der Waals surface area contributed by atoms with Crippen LogP contribution in [0.1, 0.15) is 32.5 Å². The maximum atomic E-state index is 14.5. The van der Waals surface area contributed by atoms with E-state index in [1.54, 1.807) is 0 Å². The third-order valence-corrected chi connectivity index (χ3v) is 6.20. The van der Waals surface area contributed by atoms with Crippen LogP contribution in [0.3, 0.4) is 0 Å². The fourth-order valence-corrected chi connectivity index (χ4v) is 4.93. The summed E-state index contributed by atoms with van der Waals surface area (Å²) in [7, 11) is 0. The van der Waals surface area contributed by atoms with Gasteiger partial charge in [0.2, 0.25) is 5.91 Å². The highest BCUT2D eigenvalue weighted by molar-refractivity contribution is 7.15. The van der Waals surface area contributed by atoms with Crippen molar-refractivity contribution in [3.8, 4) is 11.1 Å². The third kappa shape index (κ3) is 3.06. The first-order chi connectivity index (χ1) is 13.4. The number of hydrogen-bond donors (Lipinski definition) is 2. The largest absolute Gasteiger partial charge is 0.477 e. The quantitative estimate of drug-likeness (QED) is 0.587. The summed E-state index contributed by atoms with van der Waals surface area (Å²) in [6, 6.07) is 9.54. The zero-order chi connectivity index (χ0) is 20.0. The van der Waals surface area contributed by atoms with Crippen molar-refractivity contribution < 1.29 is 23.5 Å². The van der Waals surface area contributed by atoms with Crippen molar-refractivity contribution in [1.82, 2.24) is 0 Å². The van der Waals surface area contributed by atoms with Crippen LogP contribution in [0, 0.1) is 11.6 Å². The zero-order valence-corrected chi connectivity index (χ0v) is 15.7. The van der Waals surface area contributed by atoms with Gasteiger partial charge in [-0.15, -0.1) is 11.3 Å². The number of halogens is 3. The van der Waals surface area contributed by atoms with Gasteiger partial charge >= 0.3 is 5.97 Å². The van der Waals surface area contributed by atoms with Gasteiger partial charge in [0.05, 0.1) is 5.69 Å². The number of aromatic carboxylic acids is 1. The Hall–Kier alpha value is -2.77. The molecule has 1 aromatic heterocycles. The second-order valence-electron chi connectivity index (χ2n) is 6.30. The number of anilines is 1. The van der Waals surface area contributed by atoms with Crippen LogP contribution in [0.2, 0.25) is 5.02 Å². The number of carboxylic acids is 1. The second kappa shape index (κ2) is 7.00. The molecule has 0 saturated carbocycles. The highest BCUT2D eigenvalue weighted by Crippen LogP contribution is 2.50. The van der Waals surface area contributed by atoms with Gasteiger partial charge in [0.15, 0.2) is 0 Å². The van der Waals surface area contributed by atoms with Gasteiger partial charge in [-0.1, -0.05) is 29.8 Å². The van der Waals surface area contributed by atoms with E-state index in [-0.39, 0.29) is 33.4 Å². The van der Waals surface area contributed by atoms with Crippen LogP contribution in [0.4, 0.5) is 14.5 Å². The summed E-state index contributed by atoms with van der Waals surface area (Å²) in [6.07, 6.45) is -0.0594. The Morgan fingerprint density at radius 2 is 1.89 bits per heavy atom. The molecule has 1 aliphatic heterocycles. The Balaban J connectivity index is 1.98. The first-order valence-electron chi connectivity index (χ1n) is 8.26. The van der Waals surface area contributed by atoms with Crippen LogP contribution in [0.15, 0.2) is 42.5 Å². The lowest BCUT2D eigenvalue weighted by molar-refractivity contribution is -0.116. The molecule has 142 valence electrons. The van der Waals surface area contributed by atoms with Crippen LogP contribution in [0.5, 0.6) is 0 Å². The number of amides is 1. The molecule has 0 bridgehead atoms. The fourth-order valence-electron chi connectivity index (χ4n) is 3.41. The van der Waals surface area contributed by atoms with Gasteiger partial charge < -0.3 is 10.4 Å². The molecule has 0 saturated heterocycles. The minimum Gasteiger partial charge on any atom is -0.477 e. The Morgan fingerprint density at radius 1 is 1.18 bits per heavy atom. The molecule has 0 spiro atoms. The Kier molecular flexibility index (Phi) is 4.64. The maximum Gasteiger partial charge on any atom is 0.346 e. The van der Waals surface area contributed by atoms with Gasteiger partial charge in [-0.2, -0.15) is 0 Å². The predicted octanol–water partition coefficient (Wildman–Crippen LogP) is 5.52. The molecule has 1 amide bonds. The lowest BCUT2D eigenvalue weighted by Gasteiger charge is -2.24. The van der Waals surface area contributed by atoms with E-state index in [2.05, 4.69) is 5.32 Å². The molecule has 4 nitrogen and oxygen atoms in total. The van der Waals surface area contributed by atoms with Gasteiger partial charge in [0.1, 0.15) is 16.5 Å². The first kappa shape index (κ1) is 18.6. The molecule has 4 rings (SSSR count). The molecule has 28 heavy (non-hydrogen) atoms. The zero-order valence-electron chi connectivity index (χ0n) is 14.1. The monoisotopic (exact) mass is 419 g/mol. The standard InChI is InChI=1S/C20H12ClF2NO3S/c21-12-2-1-3-13(23)16(12)11-8-14(25)24-17-15(9-4-6-10(22)7-5-9)19(20(26)27)28-18(11)17/h1-7,11H,8H2,(H,24,25)(H,26,27)/t11-/m0/s1. The Bertz CT molecular complexity index is 1090. The molecular formula is C20H12ClF2NO3S. The van der Waals surface area contributed by atoms with Crippen molar-refractivity contribution >= 4 is 40.5 Å². The summed E-state index contributed by atoms with van der Waals surface area (Å²) in [4.78, 5) is 24.7. The molecule has 2 heterocycles. The highest BCUT2D eigenvalue weighted by atomic mass is 35.5. The van der Waals surface area contributed by atoms with E-state index in [9.17, 15) is 23.5 Å². The topological polar surface area (TPSA) is 66.4 Å². The van der Waals surface area contributed by atoms with Crippen LogP contribution in [-0.4, -0.2) is 17.0 Å². The molecular weight excluding hydrogens is 408 g/mol. The number of carbonyl (C=O) groups excluding carboxylic acids is 1. The minimum atomic E-state index is -1.19. The fraction of sp³-hybridized carbons (Fsp3) is 0.100. The molecule has 1 atom stereocenters. The molecule has 2 N–H and O–H groups in total. The first-order valence-corrected chi connectivity index (χ1v) is 9.46. The van der Waals surface area contributed by atoms with E-state index < -0.39 is 23.5 Å². The number of fused-ring (bicyclic) bond motifs is 1. The maximum absolute atomic E-state index is 14.5. The van der Waals surface area contributed by atoms with E-state index in [1.807, 2.05) is 0 Å². The summed E-state index contributed by atoms with van der Waals surface area (Å²) in [5.41, 5.74) is 1.17. The molecule has 0 unspecified atom stereocenters. The third-order valence-electron chi connectivity index (χ3n) is 4.58. The van der Waals surface area contributed by atoms with Gasteiger partial charge in [-0.3, -0.25) is 4.79 Å². The summed E-state index contributed by atoms with van der Waals surface area (Å²) in [5.74, 6) is -3.31. The SMILES string of the molecule is O=C1C[C@@H](c2c(F)cccc2Cl)c2sc(C(=O)O)c(-c3ccc(F)cc3)c2N1. The summed E-state index contributed by atoms with van der Waals surface area (Å²) >= 11 is 7.15. The number of rotatable bonds is 3. The number of carboxylic acid groups (broad SMARTS) is 1. The lowest BCUT2D eigenvalue weighted by Crippen LogP contribution is -2.23. The highest BCUT2D eigenvalue weighted by Gasteiger charge is 2.36. The second-order valence-corrected chi connectivity index (χ2v) is 7.76. The molecule has 1 aliphatic rings. The molecule has 2 aromatic carbocycles. The normalized spacial score (nSPS) is 15.8. The number of nitrogens with one attached hydrogen (secondary N) is 1. The average molecular weight is 420 g/mol. The predicted molar refractivity (Wildman–Crippen MR) is 103 cm³/mol. The molecule has 0 fully saturated rings. The Labute approximate surface area is 167 Å². The molecule has 0 radical (unpaired) electrons. The minimum absolute atomic E-state index is 0.0173. The van der Waals surface area contributed by atoms with Crippen LogP contribution >= 0.6 is 22.9 Å². The number of carbonyl (C=O) groups is 2. The lowest BCUT2D eigenvalue weighted by atomic mass is 9.88.